The number of rotatable bonds is 4. The summed E-state index contributed by atoms with van der Waals surface area (Å²) in [6.45, 7) is 2.30. The van der Waals surface area contributed by atoms with Gasteiger partial charge in [-0.05, 0) is 18.6 Å². The average Bonchev–Trinajstić information content (AvgIpc) is 2.76. The smallest absolute Gasteiger partial charge is 0.346 e. The summed E-state index contributed by atoms with van der Waals surface area (Å²) >= 11 is 7.22. The highest BCUT2D eigenvalue weighted by atomic mass is 35.5. The number of carboxylic acid groups (broad SMARTS) is 1. The Balaban J connectivity index is 2.04. The number of halogens is 1. The van der Waals surface area contributed by atoms with Crippen LogP contribution in [-0.4, -0.2) is 11.1 Å². The molecule has 5 heteroatoms. The lowest BCUT2D eigenvalue weighted by molar-refractivity contribution is 0.0702. The number of hydrogen-bond acceptors (Lipinski definition) is 3. The molecule has 18 heavy (non-hydrogen) atoms. The van der Waals surface area contributed by atoms with E-state index in [0.717, 1.165) is 22.5 Å². The van der Waals surface area contributed by atoms with Gasteiger partial charge < -0.3 is 9.84 Å². The minimum atomic E-state index is -0.941. The molecule has 0 unspecified atom stereocenters. The van der Waals surface area contributed by atoms with Crippen molar-refractivity contribution in [3.63, 3.8) is 0 Å². The maximum absolute atomic E-state index is 10.7. The van der Waals surface area contributed by atoms with E-state index in [-0.39, 0.29) is 4.88 Å². The molecule has 2 aromatic rings. The summed E-state index contributed by atoms with van der Waals surface area (Å²) in [6, 6.07) is 7.24. The molecule has 1 aromatic heterocycles. The van der Waals surface area contributed by atoms with E-state index in [1.165, 1.54) is 6.07 Å². The third kappa shape index (κ3) is 3.03. The minimum absolute atomic E-state index is 0.264. The number of carboxylic acids is 1. The molecule has 0 atom stereocenters. The van der Waals surface area contributed by atoms with Crippen molar-refractivity contribution in [1.82, 2.24) is 0 Å². The molecule has 3 nitrogen and oxygen atoms in total. The van der Waals surface area contributed by atoms with Gasteiger partial charge in [-0.25, -0.2) is 4.79 Å². The Kier molecular flexibility index (Phi) is 3.89. The van der Waals surface area contributed by atoms with Crippen LogP contribution in [0.15, 0.2) is 29.6 Å². The molecule has 0 aliphatic rings. The fourth-order valence-electron chi connectivity index (χ4n) is 1.44. The van der Waals surface area contributed by atoms with Crippen molar-refractivity contribution in [3.8, 4) is 5.75 Å². The highest BCUT2D eigenvalue weighted by Gasteiger charge is 2.08. The summed E-state index contributed by atoms with van der Waals surface area (Å²) in [5.41, 5.74) is 1.97. The molecule has 1 aromatic carbocycles. The third-order valence-electron chi connectivity index (χ3n) is 2.39. The number of aromatic carboxylic acids is 1. The number of thiophene rings is 1. The van der Waals surface area contributed by atoms with Gasteiger partial charge in [-0.2, -0.15) is 0 Å². The monoisotopic (exact) mass is 282 g/mol. The van der Waals surface area contributed by atoms with Crippen molar-refractivity contribution in [2.75, 3.05) is 0 Å². The summed E-state index contributed by atoms with van der Waals surface area (Å²) in [7, 11) is 0. The molecule has 0 fully saturated rings. The Morgan fingerprint density at radius 1 is 1.44 bits per heavy atom. The second kappa shape index (κ2) is 5.42. The van der Waals surface area contributed by atoms with E-state index in [4.69, 9.17) is 21.4 Å². The molecule has 0 bridgehead atoms. The van der Waals surface area contributed by atoms with Crippen LogP contribution in [0.4, 0.5) is 0 Å². The van der Waals surface area contributed by atoms with E-state index in [0.29, 0.717) is 17.4 Å². The molecule has 0 aliphatic heterocycles. The molecule has 0 saturated heterocycles. The van der Waals surface area contributed by atoms with Gasteiger partial charge in [-0.15, -0.1) is 11.3 Å². The van der Waals surface area contributed by atoms with Crippen LogP contribution < -0.4 is 4.74 Å². The number of carbonyl (C=O) groups is 1. The maximum Gasteiger partial charge on any atom is 0.346 e. The van der Waals surface area contributed by atoms with Crippen LogP contribution in [0.5, 0.6) is 5.75 Å². The fraction of sp³-hybridized carbons (Fsp3) is 0.154. The Bertz CT molecular complexity index is 577. The molecule has 1 heterocycles. The van der Waals surface area contributed by atoms with Crippen LogP contribution in [0.2, 0.25) is 5.02 Å². The number of aryl methyl sites for hydroxylation is 1. The highest BCUT2D eigenvalue weighted by Crippen LogP contribution is 2.24. The molecule has 0 spiro atoms. The Morgan fingerprint density at radius 2 is 2.22 bits per heavy atom. The van der Waals surface area contributed by atoms with Crippen molar-refractivity contribution in [2.45, 2.75) is 13.5 Å². The van der Waals surface area contributed by atoms with E-state index < -0.39 is 5.97 Å². The van der Waals surface area contributed by atoms with Crippen LogP contribution in [0.1, 0.15) is 20.8 Å². The fourth-order valence-corrected chi connectivity index (χ4v) is 2.39. The summed E-state index contributed by atoms with van der Waals surface area (Å²) in [5.74, 6) is -0.391. The van der Waals surface area contributed by atoms with Crippen molar-refractivity contribution in [3.05, 3.63) is 50.7 Å². The first kappa shape index (κ1) is 12.9. The molecule has 2 rings (SSSR count). The first-order valence-corrected chi connectivity index (χ1v) is 6.51. The van der Waals surface area contributed by atoms with Gasteiger partial charge >= 0.3 is 5.97 Å². The topological polar surface area (TPSA) is 46.5 Å². The third-order valence-corrected chi connectivity index (χ3v) is 3.64. The zero-order valence-electron chi connectivity index (χ0n) is 9.64. The second-order valence-electron chi connectivity index (χ2n) is 3.84. The first-order chi connectivity index (χ1) is 8.56. The van der Waals surface area contributed by atoms with E-state index >= 15 is 0 Å². The zero-order valence-corrected chi connectivity index (χ0v) is 11.2. The van der Waals surface area contributed by atoms with Gasteiger partial charge in [-0.1, -0.05) is 23.7 Å². The Labute approximate surface area is 114 Å². The molecule has 0 saturated carbocycles. The second-order valence-corrected chi connectivity index (χ2v) is 5.15. The molecule has 94 valence electrons. The van der Waals surface area contributed by atoms with Gasteiger partial charge in [0.15, 0.2) is 0 Å². The molecule has 1 N–H and O–H groups in total. The van der Waals surface area contributed by atoms with Gasteiger partial charge in [0.25, 0.3) is 0 Å². The molecule has 0 aliphatic carbocycles. The van der Waals surface area contributed by atoms with Gasteiger partial charge in [0, 0.05) is 22.0 Å². The molecular weight excluding hydrogens is 272 g/mol. The predicted molar refractivity (Wildman–Crippen MR) is 71.8 cm³/mol. The largest absolute Gasteiger partial charge is 0.488 e. The predicted octanol–water partition coefficient (Wildman–Crippen LogP) is 3.99. The summed E-state index contributed by atoms with van der Waals surface area (Å²) in [6.07, 6.45) is 0. The lowest BCUT2D eigenvalue weighted by atomic mass is 10.2. The van der Waals surface area contributed by atoms with Crippen molar-refractivity contribution < 1.29 is 14.6 Å². The lowest BCUT2D eigenvalue weighted by Crippen LogP contribution is -1.96. The quantitative estimate of drug-likeness (QED) is 0.922. The van der Waals surface area contributed by atoms with Crippen molar-refractivity contribution >= 4 is 28.9 Å². The number of ether oxygens (including phenoxy) is 1. The first-order valence-electron chi connectivity index (χ1n) is 5.26. The Hall–Kier alpha value is -1.52. The minimum Gasteiger partial charge on any atom is -0.488 e. The van der Waals surface area contributed by atoms with Crippen LogP contribution >= 0.6 is 22.9 Å². The molecular formula is C13H11ClO3S. The van der Waals surface area contributed by atoms with Crippen LogP contribution in [0.3, 0.4) is 0 Å². The number of hydrogen-bond donors (Lipinski definition) is 1. The van der Waals surface area contributed by atoms with E-state index in [2.05, 4.69) is 0 Å². The molecule has 0 amide bonds. The van der Waals surface area contributed by atoms with E-state index in [9.17, 15) is 4.79 Å². The SMILES string of the molecule is Cc1ccc(COc2csc(C(=O)O)c2)c(Cl)c1. The van der Waals surface area contributed by atoms with Crippen molar-refractivity contribution in [1.29, 1.82) is 0 Å². The number of benzene rings is 1. The highest BCUT2D eigenvalue weighted by molar-refractivity contribution is 7.12. The molecule has 0 radical (unpaired) electrons. The van der Waals surface area contributed by atoms with Crippen LogP contribution in [0.25, 0.3) is 0 Å². The van der Waals surface area contributed by atoms with Crippen LogP contribution in [0, 0.1) is 6.92 Å². The van der Waals surface area contributed by atoms with Gasteiger partial charge in [0.05, 0.1) is 0 Å². The summed E-state index contributed by atoms with van der Waals surface area (Å²) in [5, 5.41) is 11.1. The standard InChI is InChI=1S/C13H11ClO3S/c1-8-2-3-9(11(14)4-8)6-17-10-5-12(13(15)16)18-7-10/h2-5,7H,6H2,1H3,(H,15,16). The van der Waals surface area contributed by atoms with Gasteiger partial charge in [0.1, 0.15) is 17.2 Å². The Morgan fingerprint density at radius 3 is 2.83 bits per heavy atom. The van der Waals surface area contributed by atoms with E-state index in [1.807, 2.05) is 25.1 Å². The lowest BCUT2D eigenvalue weighted by Gasteiger charge is -2.06. The van der Waals surface area contributed by atoms with Gasteiger partial charge in [0.2, 0.25) is 0 Å². The zero-order chi connectivity index (χ0) is 13.1. The van der Waals surface area contributed by atoms with Crippen molar-refractivity contribution in [2.24, 2.45) is 0 Å². The summed E-state index contributed by atoms with van der Waals surface area (Å²) in [4.78, 5) is 11.0. The normalized spacial score (nSPS) is 10.3. The average molecular weight is 283 g/mol. The van der Waals surface area contributed by atoms with E-state index in [1.54, 1.807) is 5.38 Å². The van der Waals surface area contributed by atoms with Crippen LogP contribution in [-0.2, 0) is 6.61 Å². The summed E-state index contributed by atoms with van der Waals surface area (Å²) < 4.78 is 5.51. The maximum atomic E-state index is 10.7. The van der Waals surface area contributed by atoms with Gasteiger partial charge in [-0.3, -0.25) is 0 Å².